The summed E-state index contributed by atoms with van der Waals surface area (Å²) < 4.78 is 5.03. The summed E-state index contributed by atoms with van der Waals surface area (Å²) in [6.45, 7) is 5.76. The van der Waals surface area contributed by atoms with E-state index in [1.54, 1.807) is 31.2 Å². The number of ether oxygens (including phenoxy) is 1. The van der Waals surface area contributed by atoms with E-state index in [-0.39, 0.29) is 37.4 Å². The van der Waals surface area contributed by atoms with E-state index in [0.717, 1.165) is 5.56 Å². The average Bonchev–Trinajstić information content (AvgIpc) is 2.72. The second-order valence-electron chi connectivity index (χ2n) is 7.05. The number of esters is 1. The first-order valence-electron chi connectivity index (χ1n) is 9.76. The van der Waals surface area contributed by atoms with Crippen molar-refractivity contribution in [1.82, 2.24) is 10.2 Å². The molecule has 0 bridgehead atoms. The van der Waals surface area contributed by atoms with Gasteiger partial charge >= 0.3 is 5.97 Å². The number of nitrogens with one attached hydrogen (secondary N) is 1. The van der Waals surface area contributed by atoms with Gasteiger partial charge in [0.15, 0.2) is 0 Å². The Morgan fingerprint density at radius 3 is 2.10 bits per heavy atom. The molecule has 0 spiro atoms. The van der Waals surface area contributed by atoms with Crippen LogP contribution in [0.1, 0.15) is 36.7 Å². The number of amides is 2. The number of carbonyl (C=O) groups excluding carboxylic acids is 3. The van der Waals surface area contributed by atoms with E-state index in [0.29, 0.717) is 5.56 Å². The predicted molar refractivity (Wildman–Crippen MR) is 111 cm³/mol. The molecule has 0 heterocycles. The van der Waals surface area contributed by atoms with Gasteiger partial charge in [-0.05, 0) is 30.5 Å². The second kappa shape index (κ2) is 11.0. The molecule has 0 fully saturated rings. The molecule has 0 saturated heterocycles. The third kappa shape index (κ3) is 6.75. The number of nitrogens with zero attached hydrogens (tertiary/aromatic N) is 1. The first kappa shape index (κ1) is 22.1. The van der Waals surface area contributed by atoms with Crippen molar-refractivity contribution in [2.45, 2.75) is 33.4 Å². The van der Waals surface area contributed by atoms with Crippen LogP contribution in [0, 0.1) is 5.92 Å². The van der Waals surface area contributed by atoms with Crippen molar-refractivity contribution >= 4 is 17.8 Å². The Morgan fingerprint density at radius 2 is 1.55 bits per heavy atom. The van der Waals surface area contributed by atoms with Gasteiger partial charge in [-0.3, -0.25) is 14.4 Å². The molecule has 1 atom stereocenters. The van der Waals surface area contributed by atoms with E-state index >= 15 is 0 Å². The molecule has 2 rings (SSSR count). The average molecular weight is 396 g/mol. The number of hydrogen-bond acceptors (Lipinski definition) is 4. The first-order valence-corrected chi connectivity index (χ1v) is 9.76. The Labute approximate surface area is 171 Å². The van der Waals surface area contributed by atoms with Crippen LogP contribution in [0.4, 0.5) is 0 Å². The van der Waals surface area contributed by atoms with Crippen molar-refractivity contribution in [3.63, 3.8) is 0 Å². The van der Waals surface area contributed by atoms with Crippen LogP contribution < -0.4 is 5.32 Å². The lowest BCUT2D eigenvalue weighted by Crippen LogP contribution is -2.52. The largest absolute Gasteiger partial charge is 0.465 e. The van der Waals surface area contributed by atoms with E-state index in [4.69, 9.17) is 4.74 Å². The summed E-state index contributed by atoms with van der Waals surface area (Å²) in [4.78, 5) is 39.4. The van der Waals surface area contributed by atoms with Crippen LogP contribution >= 0.6 is 0 Å². The molecule has 6 nitrogen and oxygen atoms in total. The summed E-state index contributed by atoms with van der Waals surface area (Å²) in [5.41, 5.74) is 1.37. The van der Waals surface area contributed by atoms with Gasteiger partial charge in [0.05, 0.1) is 6.61 Å². The maximum Gasteiger partial charge on any atom is 0.325 e. The van der Waals surface area contributed by atoms with Crippen LogP contribution in [0.25, 0.3) is 0 Å². The van der Waals surface area contributed by atoms with Gasteiger partial charge in [0, 0.05) is 12.1 Å². The first-order chi connectivity index (χ1) is 13.9. The van der Waals surface area contributed by atoms with Crippen molar-refractivity contribution in [2.75, 3.05) is 13.2 Å². The van der Waals surface area contributed by atoms with Gasteiger partial charge in [-0.15, -0.1) is 0 Å². The molecule has 0 unspecified atom stereocenters. The minimum Gasteiger partial charge on any atom is -0.465 e. The fourth-order valence-corrected chi connectivity index (χ4v) is 2.90. The summed E-state index contributed by atoms with van der Waals surface area (Å²) >= 11 is 0. The zero-order valence-corrected chi connectivity index (χ0v) is 17.1. The van der Waals surface area contributed by atoms with E-state index in [1.807, 2.05) is 50.2 Å². The molecule has 2 aromatic carbocycles. The van der Waals surface area contributed by atoms with E-state index < -0.39 is 12.0 Å². The van der Waals surface area contributed by atoms with Crippen molar-refractivity contribution in [1.29, 1.82) is 0 Å². The molecule has 0 aliphatic rings. The Balaban J connectivity index is 2.21. The third-order valence-corrected chi connectivity index (χ3v) is 4.41. The molecule has 0 radical (unpaired) electrons. The fourth-order valence-electron chi connectivity index (χ4n) is 2.90. The van der Waals surface area contributed by atoms with Gasteiger partial charge in [-0.25, -0.2) is 0 Å². The Hall–Kier alpha value is -3.15. The highest BCUT2D eigenvalue weighted by molar-refractivity contribution is 5.98. The highest BCUT2D eigenvalue weighted by atomic mass is 16.5. The van der Waals surface area contributed by atoms with Gasteiger partial charge in [0.1, 0.15) is 12.6 Å². The fraction of sp³-hybridized carbons (Fsp3) is 0.348. The number of rotatable bonds is 9. The summed E-state index contributed by atoms with van der Waals surface area (Å²) in [6, 6.07) is 17.4. The van der Waals surface area contributed by atoms with Crippen LogP contribution in [0.3, 0.4) is 0 Å². The lowest BCUT2D eigenvalue weighted by molar-refractivity contribution is -0.150. The lowest BCUT2D eigenvalue weighted by Gasteiger charge is -2.29. The second-order valence-corrected chi connectivity index (χ2v) is 7.05. The van der Waals surface area contributed by atoms with Gasteiger partial charge in [0.2, 0.25) is 5.91 Å². The minimum atomic E-state index is -0.763. The monoisotopic (exact) mass is 396 g/mol. The van der Waals surface area contributed by atoms with Crippen LogP contribution in [-0.2, 0) is 20.9 Å². The topological polar surface area (TPSA) is 75.7 Å². The predicted octanol–water partition coefficient (Wildman–Crippen LogP) is 3.03. The smallest absolute Gasteiger partial charge is 0.325 e. The Kier molecular flexibility index (Phi) is 8.40. The lowest BCUT2D eigenvalue weighted by atomic mass is 10.0. The zero-order chi connectivity index (χ0) is 21.2. The summed E-state index contributed by atoms with van der Waals surface area (Å²) in [7, 11) is 0. The molecule has 29 heavy (non-hydrogen) atoms. The van der Waals surface area contributed by atoms with Crippen molar-refractivity contribution in [3.8, 4) is 0 Å². The maximum atomic E-state index is 13.3. The van der Waals surface area contributed by atoms with Crippen LogP contribution in [0.15, 0.2) is 60.7 Å². The van der Waals surface area contributed by atoms with Gasteiger partial charge in [0.25, 0.3) is 5.91 Å². The quantitative estimate of drug-likeness (QED) is 0.661. The Bertz CT molecular complexity index is 806. The molecule has 0 saturated carbocycles. The maximum absolute atomic E-state index is 13.3. The van der Waals surface area contributed by atoms with Crippen molar-refractivity contribution in [3.05, 3.63) is 71.8 Å². The molecule has 6 heteroatoms. The van der Waals surface area contributed by atoms with Crippen molar-refractivity contribution in [2.24, 2.45) is 5.92 Å². The molecule has 0 aromatic heterocycles. The molecule has 0 aliphatic heterocycles. The van der Waals surface area contributed by atoms with E-state index in [9.17, 15) is 14.4 Å². The Morgan fingerprint density at radius 1 is 0.966 bits per heavy atom. The van der Waals surface area contributed by atoms with E-state index in [2.05, 4.69) is 5.32 Å². The number of benzene rings is 2. The molecule has 0 aliphatic carbocycles. The molecule has 1 N–H and O–H groups in total. The zero-order valence-electron chi connectivity index (χ0n) is 17.1. The van der Waals surface area contributed by atoms with Gasteiger partial charge in [-0.2, -0.15) is 0 Å². The summed E-state index contributed by atoms with van der Waals surface area (Å²) in [5, 5.41) is 2.82. The molecular weight excluding hydrogens is 368 g/mol. The van der Waals surface area contributed by atoms with E-state index in [1.165, 1.54) is 4.90 Å². The third-order valence-electron chi connectivity index (χ3n) is 4.41. The number of hydrogen-bond donors (Lipinski definition) is 1. The molecule has 154 valence electrons. The normalized spacial score (nSPS) is 11.6. The standard InChI is InChI=1S/C23H28N2O4/c1-4-29-20(26)16-25(15-18-11-7-5-8-12-18)23(28)21(17(2)3)24-22(27)19-13-9-6-10-14-19/h5-14,17,21H,4,15-16H2,1-3H3,(H,24,27)/t21-/m0/s1. The van der Waals surface area contributed by atoms with Crippen LogP contribution in [-0.4, -0.2) is 41.9 Å². The summed E-state index contributed by atoms with van der Waals surface area (Å²) in [5.74, 6) is -1.28. The molecule has 2 amide bonds. The van der Waals surface area contributed by atoms with Crippen LogP contribution in [0.5, 0.6) is 0 Å². The number of carbonyl (C=O) groups is 3. The van der Waals surface area contributed by atoms with Crippen LogP contribution in [0.2, 0.25) is 0 Å². The van der Waals surface area contributed by atoms with Crippen molar-refractivity contribution < 1.29 is 19.1 Å². The summed E-state index contributed by atoms with van der Waals surface area (Å²) in [6.07, 6.45) is 0. The highest BCUT2D eigenvalue weighted by Crippen LogP contribution is 2.12. The SMILES string of the molecule is CCOC(=O)CN(Cc1ccccc1)C(=O)[C@@H](NC(=O)c1ccccc1)C(C)C. The highest BCUT2D eigenvalue weighted by Gasteiger charge is 2.30. The van der Waals surface area contributed by atoms with Gasteiger partial charge in [-0.1, -0.05) is 62.4 Å². The minimum absolute atomic E-state index is 0.157. The molecular formula is C23H28N2O4. The van der Waals surface area contributed by atoms with Gasteiger partial charge < -0.3 is 15.0 Å². The molecule has 2 aromatic rings.